The molecule has 0 aliphatic rings. The van der Waals surface area contributed by atoms with Crippen LogP contribution < -0.4 is 10.5 Å². The van der Waals surface area contributed by atoms with Gasteiger partial charge in [0.1, 0.15) is 5.75 Å². The fraction of sp³-hybridized carbons (Fsp3) is 0.462. The third-order valence-corrected chi connectivity index (χ3v) is 3.39. The third-order valence-electron chi connectivity index (χ3n) is 2.90. The molecule has 0 bridgehead atoms. The highest BCUT2D eigenvalue weighted by Gasteiger charge is 2.30. The molecule has 1 aromatic carbocycles. The van der Waals surface area contributed by atoms with Crippen LogP contribution in [0.5, 0.6) is 5.75 Å². The van der Waals surface area contributed by atoms with Crippen molar-refractivity contribution in [1.82, 2.24) is 0 Å². The van der Waals surface area contributed by atoms with Gasteiger partial charge in [0.2, 0.25) is 0 Å². The molecule has 0 saturated heterocycles. The highest BCUT2D eigenvalue weighted by Crippen LogP contribution is 2.34. The molecule has 100 valence electrons. The van der Waals surface area contributed by atoms with E-state index >= 15 is 0 Å². The van der Waals surface area contributed by atoms with E-state index in [1.54, 1.807) is 21.0 Å². The molecular weight excluding hydrogens is 298 g/mol. The van der Waals surface area contributed by atoms with Gasteiger partial charge in [-0.15, -0.1) is 0 Å². The summed E-state index contributed by atoms with van der Waals surface area (Å²) in [5.74, 6) is -0.182. The number of carboxylic acid groups (broad SMARTS) is 1. The second-order valence-electron chi connectivity index (χ2n) is 4.89. The van der Waals surface area contributed by atoms with E-state index in [9.17, 15) is 4.79 Å². The van der Waals surface area contributed by atoms with Crippen LogP contribution in [0.1, 0.15) is 31.9 Å². The highest BCUT2D eigenvalue weighted by molar-refractivity contribution is 9.10. The lowest BCUT2D eigenvalue weighted by atomic mass is 9.84. The summed E-state index contributed by atoms with van der Waals surface area (Å²) >= 11 is 3.37. The Morgan fingerprint density at radius 1 is 1.56 bits per heavy atom. The van der Waals surface area contributed by atoms with Crippen molar-refractivity contribution < 1.29 is 14.6 Å². The third kappa shape index (κ3) is 3.46. The molecular formula is C13H18BrNO3. The number of carbonyl (C=O) groups is 1. The predicted molar refractivity (Wildman–Crippen MR) is 73.7 cm³/mol. The Hall–Kier alpha value is -1.07. The van der Waals surface area contributed by atoms with Crippen molar-refractivity contribution in [2.45, 2.75) is 26.3 Å². The fourth-order valence-corrected chi connectivity index (χ4v) is 2.12. The smallest absolute Gasteiger partial charge is 0.309 e. The zero-order valence-electron chi connectivity index (χ0n) is 10.7. The molecule has 0 aliphatic carbocycles. The van der Waals surface area contributed by atoms with Crippen LogP contribution in [0.25, 0.3) is 0 Å². The predicted octanol–water partition coefficient (Wildman–Crippen LogP) is 2.96. The monoisotopic (exact) mass is 315 g/mol. The molecule has 0 aromatic heterocycles. The lowest BCUT2D eigenvalue weighted by Gasteiger charge is -2.24. The van der Waals surface area contributed by atoms with Crippen molar-refractivity contribution in [1.29, 1.82) is 0 Å². The first-order valence-electron chi connectivity index (χ1n) is 5.60. The molecule has 0 aliphatic heterocycles. The molecule has 0 radical (unpaired) electrons. The van der Waals surface area contributed by atoms with Crippen LogP contribution in [0, 0.1) is 5.41 Å². The van der Waals surface area contributed by atoms with Crippen molar-refractivity contribution in [3.63, 3.8) is 0 Å². The van der Waals surface area contributed by atoms with E-state index in [0.717, 1.165) is 10.0 Å². The number of aliphatic carboxylic acids is 1. The van der Waals surface area contributed by atoms with Gasteiger partial charge in [-0.3, -0.25) is 4.79 Å². The molecule has 0 spiro atoms. The first-order valence-corrected chi connectivity index (χ1v) is 6.39. The summed E-state index contributed by atoms with van der Waals surface area (Å²) < 4.78 is 6.14. The average Bonchev–Trinajstić information content (AvgIpc) is 2.28. The quantitative estimate of drug-likeness (QED) is 0.876. The van der Waals surface area contributed by atoms with Crippen molar-refractivity contribution in [3.05, 3.63) is 28.2 Å². The Labute approximate surface area is 115 Å². The number of benzene rings is 1. The van der Waals surface area contributed by atoms with Crippen LogP contribution in [0.4, 0.5) is 0 Å². The summed E-state index contributed by atoms with van der Waals surface area (Å²) in [4.78, 5) is 11.1. The zero-order chi connectivity index (χ0) is 13.9. The Balaban J connectivity index is 3.00. The minimum atomic E-state index is -0.868. The minimum Gasteiger partial charge on any atom is -0.496 e. The van der Waals surface area contributed by atoms with Gasteiger partial charge in [0.05, 0.1) is 12.5 Å². The minimum absolute atomic E-state index is 0.342. The van der Waals surface area contributed by atoms with Gasteiger partial charge in [-0.05, 0) is 38.5 Å². The molecule has 1 aromatic rings. The number of nitrogens with two attached hydrogens (primary N) is 1. The SMILES string of the molecule is COc1ccc(Br)cc1C(N)CC(C)(C)C(=O)O. The first-order chi connectivity index (χ1) is 8.27. The first kappa shape index (κ1) is 15.0. The summed E-state index contributed by atoms with van der Waals surface area (Å²) in [5.41, 5.74) is 6.04. The van der Waals surface area contributed by atoms with Gasteiger partial charge in [0, 0.05) is 16.1 Å². The van der Waals surface area contributed by atoms with Crippen molar-refractivity contribution in [2.75, 3.05) is 7.11 Å². The number of methoxy groups -OCH3 is 1. The number of carboxylic acids is 1. The normalized spacial score (nSPS) is 13.2. The maximum Gasteiger partial charge on any atom is 0.309 e. The molecule has 4 nitrogen and oxygen atoms in total. The maximum atomic E-state index is 11.1. The summed E-state index contributed by atoms with van der Waals surface area (Å²) in [6, 6.07) is 5.15. The largest absolute Gasteiger partial charge is 0.496 e. The molecule has 0 heterocycles. The van der Waals surface area contributed by atoms with Crippen LogP contribution in [0.15, 0.2) is 22.7 Å². The number of hydrogen-bond acceptors (Lipinski definition) is 3. The lowest BCUT2D eigenvalue weighted by molar-refractivity contribution is -0.147. The van der Waals surface area contributed by atoms with E-state index < -0.39 is 11.4 Å². The van der Waals surface area contributed by atoms with Crippen molar-refractivity contribution >= 4 is 21.9 Å². The number of hydrogen-bond donors (Lipinski definition) is 2. The van der Waals surface area contributed by atoms with Crippen LogP contribution in [0.3, 0.4) is 0 Å². The van der Waals surface area contributed by atoms with Gasteiger partial charge < -0.3 is 15.6 Å². The second-order valence-corrected chi connectivity index (χ2v) is 5.80. The van der Waals surface area contributed by atoms with Gasteiger partial charge in [0.15, 0.2) is 0 Å². The van der Waals surface area contributed by atoms with Gasteiger partial charge in [-0.2, -0.15) is 0 Å². The van der Waals surface area contributed by atoms with Crippen LogP contribution >= 0.6 is 15.9 Å². The van der Waals surface area contributed by atoms with Crippen LogP contribution in [-0.4, -0.2) is 18.2 Å². The molecule has 0 saturated carbocycles. The topological polar surface area (TPSA) is 72.5 Å². The number of ether oxygens (including phenoxy) is 1. The molecule has 1 rings (SSSR count). The zero-order valence-corrected chi connectivity index (χ0v) is 12.3. The van der Waals surface area contributed by atoms with Crippen molar-refractivity contribution in [3.8, 4) is 5.75 Å². The molecule has 0 fully saturated rings. The van der Waals surface area contributed by atoms with Gasteiger partial charge in [-0.1, -0.05) is 15.9 Å². The summed E-state index contributed by atoms with van der Waals surface area (Å²) in [6.07, 6.45) is 0.342. The Kier molecular flexibility index (Phi) is 4.76. The van der Waals surface area contributed by atoms with E-state index in [2.05, 4.69) is 15.9 Å². The lowest BCUT2D eigenvalue weighted by Crippen LogP contribution is -2.29. The Morgan fingerprint density at radius 2 is 2.17 bits per heavy atom. The van der Waals surface area contributed by atoms with Crippen LogP contribution in [-0.2, 0) is 4.79 Å². The highest BCUT2D eigenvalue weighted by atomic mass is 79.9. The van der Waals surface area contributed by atoms with Gasteiger partial charge in [0.25, 0.3) is 0 Å². The fourth-order valence-electron chi connectivity index (χ4n) is 1.74. The second kappa shape index (κ2) is 5.71. The van der Waals surface area contributed by atoms with Gasteiger partial charge >= 0.3 is 5.97 Å². The number of rotatable bonds is 5. The van der Waals surface area contributed by atoms with E-state index in [4.69, 9.17) is 15.6 Å². The molecule has 1 unspecified atom stereocenters. The van der Waals surface area contributed by atoms with Gasteiger partial charge in [-0.25, -0.2) is 0 Å². The summed E-state index contributed by atoms with van der Waals surface area (Å²) in [5, 5.41) is 9.12. The van der Waals surface area contributed by atoms with E-state index in [1.165, 1.54) is 0 Å². The summed E-state index contributed by atoms with van der Waals surface area (Å²) in [7, 11) is 1.57. The van der Waals surface area contributed by atoms with Crippen molar-refractivity contribution in [2.24, 2.45) is 11.1 Å². The maximum absolute atomic E-state index is 11.1. The molecule has 0 amide bonds. The Morgan fingerprint density at radius 3 is 2.67 bits per heavy atom. The number of halogens is 1. The molecule has 18 heavy (non-hydrogen) atoms. The van der Waals surface area contributed by atoms with E-state index in [0.29, 0.717) is 12.2 Å². The summed E-state index contributed by atoms with van der Waals surface area (Å²) in [6.45, 7) is 3.33. The average molecular weight is 316 g/mol. The van der Waals surface area contributed by atoms with E-state index in [1.807, 2.05) is 18.2 Å². The van der Waals surface area contributed by atoms with Crippen LogP contribution in [0.2, 0.25) is 0 Å². The Bertz CT molecular complexity index is 446. The molecule has 3 N–H and O–H groups in total. The van der Waals surface area contributed by atoms with E-state index in [-0.39, 0.29) is 6.04 Å². The molecule has 5 heteroatoms. The standard InChI is InChI=1S/C13H18BrNO3/c1-13(2,12(16)17)7-10(15)9-6-8(14)4-5-11(9)18-3/h4-6,10H,7,15H2,1-3H3,(H,16,17). The molecule has 1 atom stereocenters.